The number of hydrogen-bond acceptors (Lipinski definition) is 5. The highest BCUT2D eigenvalue weighted by atomic mass is 16.6. The van der Waals surface area contributed by atoms with Crippen molar-refractivity contribution in [1.82, 2.24) is 5.32 Å². The Morgan fingerprint density at radius 1 is 1.47 bits per heavy atom. The maximum atomic E-state index is 11.6. The number of nitrogens with one attached hydrogen (secondary N) is 1. The fourth-order valence-corrected chi connectivity index (χ4v) is 1.57. The van der Waals surface area contributed by atoms with E-state index in [4.69, 9.17) is 9.47 Å². The van der Waals surface area contributed by atoms with E-state index >= 15 is 0 Å². The highest BCUT2D eigenvalue weighted by Crippen LogP contribution is 2.20. The molecule has 1 N–H and O–H groups in total. The van der Waals surface area contributed by atoms with Crippen LogP contribution in [0, 0.1) is 0 Å². The molecule has 0 aliphatic carbocycles. The highest BCUT2D eigenvalue weighted by molar-refractivity contribution is 6.06. The zero-order chi connectivity index (χ0) is 14.3. The third kappa shape index (κ3) is 4.24. The van der Waals surface area contributed by atoms with E-state index in [0.717, 1.165) is 18.4 Å². The highest BCUT2D eigenvalue weighted by Gasteiger charge is 2.25. The molecule has 104 valence electrons. The third-order valence-electron chi connectivity index (χ3n) is 2.55. The lowest BCUT2D eigenvalue weighted by molar-refractivity contribution is -0.130. The zero-order valence-electron chi connectivity index (χ0n) is 11.2. The first-order chi connectivity index (χ1) is 9.12. The second kappa shape index (κ2) is 7.35. The van der Waals surface area contributed by atoms with E-state index in [9.17, 15) is 9.59 Å². The fraction of sp³-hybridized carbons (Fsp3) is 0.462. The molecule has 1 aliphatic rings. The Morgan fingerprint density at radius 2 is 2.16 bits per heavy atom. The van der Waals surface area contributed by atoms with Crippen LogP contribution in [0.2, 0.25) is 0 Å². The summed E-state index contributed by atoms with van der Waals surface area (Å²) in [7, 11) is 0. The molecule has 0 saturated heterocycles. The molecular weight excluding hydrogens is 248 g/mol. The first kappa shape index (κ1) is 14.9. The van der Waals surface area contributed by atoms with E-state index in [1.165, 1.54) is 6.08 Å². The SMILES string of the molecule is C=CCOC(=O)NCC1=NC(=C(CC)CC)C(=O)O1. The lowest BCUT2D eigenvalue weighted by Crippen LogP contribution is -2.30. The smallest absolute Gasteiger partial charge is 0.407 e. The Labute approximate surface area is 112 Å². The minimum absolute atomic E-state index is 0.0198. The van der Waals surface area contributed by atoms with E-state index in [0.29, 0.717) is 5.70 Å². The van der Waals surface area contributed by atoms with Gasteiger partial charge in [0.1, 0.15) is 6.61 Å². The van der Waals surface area contributed by atoms with Crippen LogP contribution in [-0.2, 0) is 14.3 Å². The van der Waals surface area contributed by atoms with Crippen molar-refractivity contribution in [1.29, 1.82) is 0 Å². The summed E-state index contributed by atoms with van der Waals surface area (Å²) >= 11 is 0. The second-order valence-corrected chi connectivity index (χ2v) is 3.80. The summed E-state index contributed by atoms with van der Waals surface area (Å²) < 4.78 is 9.70. The molecule has 1 amide bonds. The van der Waals surface area contributed by atoms with Gasteiger partial charge >= 0.3 is 12.1 Å². The standard InChI is InChI=1S/C13H18N2O4/c1-4-7-18-13(17)14-8-10-15-11(12(16)19-10)9(5-2)6-3/h4H,1,5-8H2,2-3H3,(H,14,17). The lowest BCUT2D eigenvalue weighted by Gasteiger charge is -2.03. The molecule has 0 aromatic rings. The molecule has 1 aliphatic heterocycles. The van der Waals surface area contributed by atoms with Gasteiger partial charge in [0.2, 0.25) is 5.90 Å². The van der Waals surface area contributed by atoms with Crippen LogP contribution in [0.3, 0.4) is 0 Å². The summed E-state index contributed by atoms with van der Waals surface area (Å²) in [4.78, 5) is 26.9. The molecular formula is C13H18N2O4. The van der Waals surface area contributed by atoms with Crippen molar-refractivity contribution in [3.63, 3.8) is 0 Å². The van der Waals surface area contributed by atoms with Crippen LogP contribution in [-0.4, -0.2) is 31.1 Å². The number of carbonyl (C=O) groups is 2. The molecule has 0 aromatic heterocycles. The van der Waals surface area contributed by atoms with Crippen LogP contribution in [0.5, 0.6) is 0 Å². The summed E-state index contributed by atoms with van der Waals surface area (Å²) in [6.07, 6.45) is 2.34. The Hall–Kier alpha value is -2.11. The van der Waals surface area contributed by atoms with Crippen molar-refractivity contribution in [2.75, 3.05) is 13.2 Å². The van der Waals surface area contributed by atoms with Crippen LogP contribution in [0.25, 0.3) is 0 Å². The maximum Gasteiger partial charge on any atom is 0.407 e. The minimum Gasteiger partial charge on any atom is -0.445 e. The van der Waals surface area contributed by atoms with E-state index in [-0.39, 0.29) is 19.0 Å². The van der Waals surface area contributed by atoms with Crippen molar-refractivity contribution in [2.45, 2.75) is 26.7 Å². The number of esters is 1. The Morgan fingerprint density at radius 3 is 2.74 bits per heavy atom. The zero-order valence-corrected chi connectivity index (χ0v) is 11.2. The predicted octanol–water partition coefficient (Wildman–Crippen LogP) is 1.93. The summed E-state index contributed by atoms with van der Waals surface area (Å²) in [5.41, 5.74) is 1.29. The Balaban J connectivity index is 2.59. The van der Waals surface area contributed by atoms with Crippen LogP contribution in [0.1, 0.15) is 26.7 Å². The number of aliphatic imine (C=N–C) groups is 1. The van der Waals surface area contributed by atoms with Crippen molar-refractivity contribution in [3.05, 3.63) is 23.9 Å². The molecule has 0 unspecified atom stereocenters. The number of carbonyl (C=O) groups excluding carboxylic acids is 2. The van der Waals surface area contributed by atoms with Gasteiger partial charge in [-0.3, -0.25) is 0 Å². The molecule has 19 heavy (non-hydrogen) atoms. The molecule has 0 spiro atoms. The van der Waals surface area contributed by atoms with Gasteiger partial charge in [-0.15, -0.1) is 0 Å². The van der Waals surface area contributed by atoms with Gasteiger partial charge < -0.3 is 14.8 Å². The molecule has 0 saturated carbocycles. The number of allylic oxidation sites excluding steroid dienone is 1. The van der Waals surface area contributed by atoms with Crippen LogP contribution >= 0.6 is 0 Å². The van der Waals surface area contributed by atoms with Crippen molar-refractivity contribution < 1.29 is 19.1 Å². The van der Waals surface area contributed by atoms with Gasteiger partial charge in [0.25, 0.3) is 0 Å². The Bertz CT molecular complexity index is 432. The normalized spacial score (nSPS) is 13.7. The lowest BCUT2D eigenvalue weighted by atomic mass is 10.1. The Kier molecular flexibility index (Phi) is 5.78. The largest absolute Gasteiger partial charge is 0.445 e. The van der Waals surface area contributed by atoms with Crippen molar-refractivity contribution in [2.24, 2.45) is 4.99 Å². The number of rotatable bonds is 6. The predicted molar refractivity (Wildman–Crippen MR) is 70.7 cm³/mol. The van der Waals surface area contributed by atoms with Crippen molar-refractivity contribution in [3.8, 4) is 0 Å². The van der Waals surface area contributed by atoms with Gasteiger partial charge in [-0.2, -0.15) is 0 Å². The van der Waals surface area contributed by atoms with Gasteiger partial charge in [-0.1, -0.05) is 26.5 Å². The summed E-state index contributed by atoms with van der Waals surface area (Å²) in [5, 5.41) is 2.44. The average Bonchev–Trinajstić information content (AvgIpc) is 2.77. The van der Waals surface area contributed by atoms with Gasteiger partial charge in [0, 0.05) is 0 Å². The van der Waals surface area contributed by atoms with E-state index < -0.39 is 12.1 Å². The fourth-order valence-electron chi connectivity index (χ4n) is 1.57. The summed E-state index contributed by atoms with van der Waals surface area (Å²) in [6.45, 7) is 7.48. The topological polar surface area (TPSA) is 77.0 Å². The minimum atomic E-state index is -0.609. The molecule has 0 bridgehead atoms. The van der Waals surface area contributed by atoms with Gasteiger partial charge in [-0.25, -0.2) is 14.6 Å². The quantitative estimate of drug-likeness (QED) is 0.452. The first-order valence-electron chi connectivity index (χ1n) is 6.15. The van der Waals surface area contributed by atoms with Crippen LogP contribution < -0.4 is 5.32 Å². The number of hydrogen-bond donors (Lipinski definition) is 1. The molecule has 0 radical (unpaired) electrons. The molecule has 1 heterocycles. The molecule has 0 atom stereocenters. The molecule has 6 heteroatoms. The number of cyclic esters (lactones) is 1. The molecule has 0 aromatic carbocycles. The first-order valence-corrected chi connectivity index (χ1v) is 6.15. The van der Waals surface area contributed by atoms with Crippen molar-refractivity contribution >= 4 is 18.0 Å². The third-order valence-corrected chi connectivity index (χ3v) is 2.55. The van der Waals surface area contributed by atoms with E-state index in [1.54, 1.807) is 0 Å². The average molecular weight is 266 g/mol. The second-order valence-electron chi connectivity index (χ2n) is 3.80. The number of alkyl carbamates (subject to hydrolysis) is 1. The summed E-state index contributed by atoms with van der Waals surface area (Å²) in [6, 6.07) is 0. The molecule has 0 fully saturated rings. The monoisotopic (exact) mass is 266 g/mol. The molecule has 6 nitrogen and oxygen atoms in total. The van der Waals surface area contributed by atoms with Gasteiger partial charge in [0.15, 0.2) is 5.70 Å². The number of nitrogens with zero attached hydrogens (tertiary/aromatic N) is 1. The van der Waals surface area contributed by atoms with Gasteiger partial charge in [0.05, 0.1) is 6.54 Å². The number of amides is 1. The van der Waals surface area contributed by atoms with Crippen LogP contribution in [0.4, 0.5) is 4.79 Å². The van der Waals surface area contributed by atoms with Gasteiger partial charge in [-0.05, 0) is 18.4 Å². The van der Waals surface area contributed by atoms with Crippen LogP contribution in [0.15, 0.2) is 28.9 Å². The summed E-state index contributed by atoms with van der Waals surface area (Å²) in [5.74, 6) is -0.287. The number of ether oxygens (including phenoxy) is 2. The molecule has 1 rings (SSSR count). The maximum absolute atomic E-state index is 11.6. The van der Waals surface area contributed by atoms with E-state index in [2.05, 4.69) is 16.9 Å². The van der Waals surface area contributed by atoms with E-state index in [1.807, 2.05) is 13.8 Å².